The molecule has 1 aliphatic rings. The Bertz CT molecular complexity index is 420. The van der Waals surface area contributed by atoms with Crippen molar-refractivity contribution < 1.29 is 9.53 Å². The number of carbonyl (C=O) groups excluding carboxylic acids is 1. The van der Waals surface area contributed by atoms with E-state index in [2.05, 4.69) is 10.6 Å². The van der Waals surface area contributed by atoms with E-state index >= 15 is 0 Å². The second-order valence-electron chi connectivity index (χ2n) is 5.97. The van der Waals surface area contributed by atoms with E-state index in [4.69, 9.17) is 4.74 Å². The summed E-state index contributed by atoms with van der Waals surface area (Å²) in [4.78, 5) is 11.7. The molecule has 1 aromatic carbocycles. The van der Waals surface area contributed by atoms with E-state index in [9.17, 15) is 4.79 Å². The maximum atomic E-state index is 11.7. The van der Waals surface area contributed by atoms with Crippen LogP contribution in [0.1, 0.15) is 44.1 Å². The summed E-state index contributed by atoms with van der Waals surface area (Å²) in [6.07, 6.45) is 7.94. The first-order chi connectivity index (χ1) is 10.8. The highest BCUT2D eigenvalue weighted by Gasteiger charge is 2.10. The predicted octanol–water partition coefficient (Wildman–Crippen LogP) is 3.05. The van der Waals surface area contributed by atoms with Gasteiger partial charge in [-0.1, -0.05) is 56.0 Å². The van der Waals surface area contributed by atoms with Crippen LogP contribution in [0.4, 0.5) is 0 Å². The Morgan fingerprint density at radius 1 is 1.04 bits per heavy atom. The third-order valence-corrected chi connectivity index (χ3v) is 4.08. The molecule has 4 nitrogen and oxygen atoms in total. The molecule has 0 saturated heterocycles. The molecule has 0 spiro atoms. The van der Waals surface area contributed by atoms with Crippen molar-refractivity contribution in [3.05, 3.63) is 35.9 Å². The van der Waals surface area contributed by atoms with Gasteiger partial charge in [-0.15, -0.1) is 12.4 Å². The van der Waals surface area contributed by atoms with Gasteiger partial charge in [0, 0.05) is 19.1 Å². The monoisotopic (exact) mass is 340 g/mol. The number of amides is 1. The van der Waals surface area contributed by atoms with Gasteiger partial charge in [-0.3, -0.25) is 4.79 Å². The SMILES string of the molecule is Cl.O=C(COCc1ccccc1)NCCNC1CCCCCC1. The topological polar surface area (TPSA) is 50.4 Å². The number of nitrogens with one attached hydrogen (secondary N) is 2. The van der Waals surface area contributed by atoms with Gasteiger partial charge in [-0.25, -0.2) is 0 Å². The number of halogens is 1. The minimum Gasteiger partial charge on any atom is -0.367 e. The Labute approximate surface area is 145 Å². The van der Waals surface area contributed by atoms with Crippen LogP contribution in [-0.2, 0) is 16.1 Å². The molecule has 0 radical (unpaired) electrons. The van der Waals surface area contributed by atoms with Crippen LogP contribution >= 0.6 is 12.4 Å². The summed E-state index contributed by atoms with van der Waals surface area (Å²) in [6, 6.07) is 10.5. The Morgan fingerprint density at radius 3 is 2.43 bits per heavy atom. The van der Waals surface area contributed by atoms with Crippen LogP contribution < -0.4 is 10.6 Å². The summed E-state index contributed by atoms with van der Waals surface area (Å²) in [5.74, 6) is -0.0430. The first-order valence-electron chi connectivity index (χ1n) is 8.46. The Morgan fingerprint density at radius 2 is 1.74 bits per heavy atom. The highest BCUT2D eigenvalue weighted by molar-refractivity contribution is 5.85. The number of benzene rings is 1. The first kappa shape index (κ1) is 19.9. The Hall–Kier alpha value is -1.10. The average molecular weight is 341 g/mol. The second kappa shape index (κ2) is 12.3. The van der Waals surface area contributed by atoms with E-state index in [-0.39, 0.29) is 24.9 Å². The van der Waals surface area contributed by atoms with Gasteiger partial charge in [-0.2, -0.15) is 0 Å². The molecule has 0 heterocycles. The summed E-state index contributed by atoms with van der Waals surface area (Å²) in [7, 11) is 0. The quantitative estimate of drug-likeness (QED) is 0.565. The summed E-state index contributed by atoms with van der Waals surface area (Å²) in [5.41, 5.74) is 1.09. The van der Waals surface area contributed by atoms with Gasteiger partial charge in [0.1, 0.15) is 6.61 Å². The van der Waals surface area contributed by atoms with E-state index in [1.54, 1.807) is 0 Å². The van der Waals surface area contributed by atoms with Gasteiger partial charge in [0.15, 0.2) is 0 Å². The molecule has 0 aliphatic heterocycles. The molecule has 1 fully saturated rings. The lowest BCUT2D eigenvalue weighted by atomic mass is 10.1. The fourth-order valence-electron chi connectivity index (χ4n) is 2.85. The van der Waals surface area contributed by atoms with E-state index in [1.807, 2.05) is 30.3 Å². The fraction of sp³-hybridized carbons (Fsp3) is 0.611. The molecule has 0 atom stereocenters. The van der Waals surface area contributed by atoms with Gasteiger partial charge < -0.3 is 15.4 Å². The van der Waals surface area contributed by atoms with Crippen LogP contribution in [0.15, 0.2) is 30.3 Å². The van der Waals surface area contributed by atoms with Gasteiger partial charge >= 0.3 is 0 Å². The second-order valence-corrected chi connectivity index (χ2v) is 5.97. The minimum absolute atomic E-state index is 0. The molecule has 130 valence electrons. The van der Waals surface area contributed by atoms with Crippen molar-refractivity contribution in [3.63, 3.8) is 0 Å². The third-order valence-electron chi connectivity index (χ3n) is 4.08. The number of ether oxygens (including phenoxy) is 1. The number of rotatable bonds is 8. The van der Waals surface area contributed by atoms with Crippen molar-refractivity contribution in [3.8, 4) is 0 Å². The Balaban J connectivity index is 0.00000264. The molecule has 1 aromatic rings. The van der Waals surface area contributed by atoms with Crippen molar-refractivity contribution in [2.45, 2.75) is 51.2 Å². The average Bonchev–Trinajstić information content (AvgIpc) is 2.81. The maximum absolute atomic E-state index is 11.7. The smallest absolute Gasteiger partial charge is 0.246 e. The first-order valence-corrected chi connectivity index (χ1v) is 8.46. The molecule has 2 rings (SSSR count). The normalized spacial score (nSPS) is 15.5. The summed E-state index contributed by atoms with van der Waals surface area (Å²) < 4.78 is 5.41. The van der Waals surface area contributed by atoms with Gasteiger partial charge in [0.25, 0.3) is 0 Å². The standard InChI is InChI=1S/C18H28N2O2.ClH/c21-18(15-22-14-16-8-4-3-5-9-16)20-13-12-19-17-10-6-1-2-7-11-17;/h3-5,8-9,17,19H,1-2,6-7,10-15H2,(H,20,21);1H. The number of carbonyl (C=O) groups is 1. The zero-order chi connectivity index (χ0) is 15.5. The van der Waals surface area contributed by atoms with Crippen LogP contribution in [0, 0.1) is 0 Å². The summed E-state index contributed by atoms with van der Waals surface area (Å²) in [6.45, 7) is 2.12. The molecule has 1 saturated carbocycles. The summed E-state index contributed by atoms with van der Waals surface area (Å²) >= 11 is 0. The lowest BCUT2D eigenvalue weighted by Crippen LogP contribution is -2.38. The lowest BCUT2D eigenvalue weighted by molar-refractivity contribution is -0.126. The molecular formula is C18H29ClN2O2. The fourth-order valence-corrected chi connectivity index (χ4v) is 2.85. The molecular weight excluding hydrogens is 312 g/mol. The van der Waals surface area contributed by atoms with Crippen molar-refractivity contribution in [2.24, 2.45) is 0 Å². The van der Waals surface area contributed by atoms with Crippen molar-refractivity contribution >= 4 is 18.3 Å². The van der Waals surface area contributed by atoms with Crippen LogP contribution in [-0.4, -0.2) is 31.6 Å². The molecule has 0 aromatic heterocycles. The minimum atomic E-state index is -0.0430. The molecule has 1 amide bonds. The zero-order valence-corrected chi connectivity index (χ0v) is 14.6. The van der Waals surface area contributed by atoms with E-state index in [0.29, 0.717) is 19.2 Å². The molecule has 0 bridgehead atoms. The highest BCUT2D eigenvalue weighted by atomic mass is 35.5. The molecule has 0 unspecified atom stereocenters. The largest absolute Gasteiger partial charge is 0.367 e. The van der Waals surface area contributed by atoms with Gasteiger partial charge in [0.05, 0.1) is 6.61 Å². The van der Waals surface area contributed by atoms with E-state index in [0.717, 1.165) is 12.1 Å². The van der Waals surface area contributed by atoms with Crippen LogP contribution in [0.2, 0.25) is 0 Å². The lowest BCUT2D eigenvalue weighted by Gasteiger charge is -2.16. The maximum Gasteiger partial charge on any atom is 0.246 e. The van der Waals surface area contributed by atoms with Crippen LogP contribution in [0.25, 0.3) is 0 Å². The van der Waals surface area contributed by atoms with E-state index in [1.165, 1.54) is 38.5 Å². The zero-order valence-electron chi connectivity index (χ0n) is 13.8. The predicted molar refractivity (Wildman–Crippen MR) is 95.8 cm³/mol. The van der Waals surface area contributed by atoms with Crippen LogP contribution in [0.5, 0.6) is 0 Å². The molecule has 23 heavy (non-hydrogen) atoms. The molecule has 5 heteroatoms. The van der Waals surface area contributed by atoms with Crippen molar-refractivity contribution in [1.82, 2.24) is 10.6 Å². The number of hydrogen-bond donors (Lipinski definition) is 2. The van der Waals surface area contributed by atoms with Crippen molar-refractivity contribution in [1.29, 1.82) is 0 Å². The highest BCUT2D eigenvalue weighted by Crippen LogP contribution is 2.16. The third kappa shape index (κ3) is 8.94. The summed E-state index contributed by atoms with van der Waals surface area (Å²) in [5, 5.41) is 6.44. The Kier molecular flexibility index (Phi) is 10.7. The number of hydrogen-bond acceptors (Lipinski definition) is 3. The molecule has 2 N–H and O–H groups in total. The van der Waals surface area contributed by atoms with Crippen molar-refractivity contribution in [2.75, 3.05) is 19.7 Å². The molecule has 1 aliphatic carbocycles. The van der Waals surface area contributed by atoms with Crippen LogP contribution in [0.3, 0.4) is 0 Å². The van der Waals surface area contributed by atoms with E-state index < -0.39 is 0 Å². The van der Waals surface area contributed by atoms with Gasteiger partial charge in [-0.05, 0) is 18.4 Å². The van der Waals surface area contributed by atoms with Gasteiger partial charge in [0.2, 0.25) is 5.91 Å².